The van der Waals surface area contributed by atoms with Gasteiger partial charge in [-0.1, -0.05) is 47.6 Å². The molecule has 2 aliphatic heterocycles. The topological polar surface area (TPSA) is 57.7 Å². The quantitative estimate of drug-likeness (QED) is 0.436. The summed E-state index contributed by atoms with van der Waals surface area (Å²) in [6, 6.07) is 13.4. The minimum absolute atomic E-state index is 0.123. The number of thiocarbonyl (C=S) groups is 1. The first-order valence-electron chi connectivity index (χ1n) is 7.48. The standard InChI is InChI=1S/C18H9ClN2O3S2/c19-11-5-3-4-10(8-11)9-14-17(24)21(18(25)26-14)20-15(22)12-6-1-2-7-13(12)16(20)23/h1-9H/b14-9+. The highest BCUT2D eigenvalue weighted by Gasteiger charge is 2.46. The number of amides is 3. The number of benzene rings is 2. The molecule has 2 heterocycles. The molecule has 0 atom stereocenters. The molecule has 26 heavy (non-hydrogen) atoms. The number of halogens is 1. The summed E-state index contributed by atoms with van der Waals surface area (Å²) in [5.74, 6) is -1.65. The lowest BCUT2D eigenvalue weighted by Gasteiger charge is -2.23. The molecule has 0 saturated carbocycles. The predicted molar refractivity (Wildman–Crippen MR) is 103 cm³/mol. The molecule has 2 aromatic rings. The first-order valence-corrected chi connectivity index (χ1v) is 9.09. The highest BCUT2D eigenvalue weighted by Crippen LogP contribution is 2.36. The number of fused-ring (bicyclic) bond motifs is 1. The summed E-state index contributed by atoms with van der Waals surface area (Å²) in [5, 5.41) is 2.30. The predicted octanol–water partition coefficient (Wildman–Crippen LogP) is 3.75. The highest BCUT2D eigenvalue weighted by molar-refractivity contribution is 8.26. The van der Waals surface area contributed by atoms with Crippen LogP contribution in [0.4, 0.5) is 0 Å². The van der Waals surface area contributed by atoms with Crippen molar-refractivity contribution in [2.24, 2.45) is 0 Å². The van der Waals surface area contributed by atoms with Crippen LogP contribution >= 0.6 is 35.6 Å². The van der Waals surface area contributed by atoms with Crippen molar-refractivity contribution in [1.82, 2.24) is 10.0 Å². The van der Waals surface area contributed by atoms with Crippen LogP contribution in [-0.2, 0) is 4.79 Å². The lowest BCUT2D eigenvalue weighted by atomic mass is 10.1. The van der Waals surface area contributed by atoms with Gasteiger partial charge in [0.15, 0.2) is 4.32 Å². The molecular weight excluding hydrogens is 392 g/mol. The van der Waals surface area contributed by atoms with E-state index in [1.807, 2.05) is 0 Å². The van der Waals surface area contributed by atoms with Crippen LogP contribution in [0.15, 0.2) is 53.4 Å². The molecule has 0 spiro atoms. The second-order valence-electron chi connectivity index (χ2n) is 5.52. The Morgan fingerprint density at radius 2 is 1.54 bits per heavy atom. The summed E-state index contributed by atoms with van der Waals surface area (Å²) in [4.78, 5) is 38.3. The maximum atomic E-state index is 12.8. The number of carbonyl (C=O) groups is 3. The molecule has 5 nitrogen and oxygen atoms in total. The zero-order valence-corrected chi connectivity index (χ0v) is 15.4. The first kappa shape index (κ1) is 17.0. The molecule has 3 amide bonds. The number of nitrogens with zero attached hydrogens (tertiary/aromatic N) is 2. The molecule has 0 bridgehead atoms. The molecule has 8 heteroatoms. The smallest absolute Gasteiger partial charge is 0.267 e. The van der Waals surface area contributed by atoms with Crippen LogP contribution < -0.4 is 0 Å². The summed E-state index contributed by atoms with van der Waals surface area (Å²) in [6.45, 7) is 0. The number of hydrazine groups is 1. The highest BCUT2D eigenvalue weighted by atomic mass is 35.5. The Morgan fingerprint density at radius 3 is 2.15 bits per heavy atom. The molecule has 128 valence electrons. The summed E-state index contributed by atoms with van der Waals surface area (Å²) >= 11 is 12.2. The second kappa shape index (κ2) is 6.35. The third-order valence-corrected chi connectivity index (χ3v) is 5.41. The molecule has 0 N–H and O–H groups in total. The van der Waals surface area contributed by atoms with Gasteiger partial charge in [-0.05, 0) is 48.1 Å². The van der Waals surface area contributed by atoms with Gasteiger partial charge in [-0.25, -0.2) is 0 Å². The Balaban J connectivity index is 1.69. The van der Waals surface area contributed by atoms with Crippen molar-refractivity contribution < 1.29 is 14.4 Å². The zero-order chi connectivity index (χ0) is 18.4. The molecular formula is C18H9ClN2O3S2. The van der Waals surface area contributed by atoms with E-state index in [4.69, 9.17) is 23.8 Å². The Hall–Kier alpha value is -2.48. The maximum absolute atomic E-state index is 12.8. The van der Waals surface area contributed by atoms with Gasteiger partial charge in [-0.2, -0.15) is 10.0 Å². The van der Waals surface area contributed by atoms with Crippen LogP contribution in [0.25, 0.3) is 6.08 Å². The molecule has 0 unspecified atom stereocenters. The Bertz CT molecular complexity index is 1000. The van der Waals surface area contributed by atoms with Gasteiger partial charge < -0.3 is 0 Å². The molecule has 0 aliphatic carbocycles. The van der Waals surface area contributed by atoms with E-state index < -0.39 is 17.7 Å². The minimum atomic E-state index is -0.564. The van der Waals surface area contributed by atoms with Crippen molar-refractivity contribution >= 4 is 63.7 Å². The van der Waals surface area contributed by atoms with Gasteiger partial charge in [0.25, 0.3) is 17.7 Å². The lowest BCUT2D eigenvalue weighted by molar-refractivity contribution is -0.128. The molecule has 1 fully saturated rings. The van der Waals surface area contributed by atoms with Crippen molar-refractivity contribution in [1.29, 1.82) is 0 Å². The summed E-state index contributed by atoms with van der Waals surface area (Å²) in [7, 11) is 0. The first-order chi connectivity index (χ1) is 12.5. The van der Waals surface area contributed by atoms with Crippen LogP contribution in [-0.4, -0.2) is 32.1 Å². The number of imide groups is 1. The van der Waals surface area contributed by atoms with Gasteiger partial charge in [0, 0.05) is 5.02 Å². The Labute approximate surface area is 163 Å². The number of carbonyl (C=O) groups excluding carboxylic acids is 3. The Kier molecular flexibility index (Phi) is 4.14. The van der Waals surface area contributed by atoms with Crippen LogP contribution in [0.2, 0.25) is 5.02 Å². The van der Waals surface area contributed by atoms with Crippen molar-refractivity contribution in [2.75, 3.05) is 0 Å². The van der Waals surface area contributed by atoms with Gasteiger partial charge in [0.2, 0.25) is 0 Å². The fourth-order valence-corrected chi connectivity index (χ4v) is 4.18. The van der Waals surface area contributed by atoms with E-state index in [1.54, 1.807) is 54.6 Å². The van der Waals surface area contributed by atoms with E-state index in [9.17, 15) is 14.4 Å². The van der Waals surface area contributed by atoms with Crippen LogP contribution in [0.1, 0.15) is 26.3 Å². The molecule has 2 aromatic carbocycles. The van der Waals surface area contributed by atoms with Crippen molar-refractivity contribution in [3.8, 4) is 0 Å². The van der Waals surface area contributed by atoms with Crippen LogP contribution in [0, 0.1) is 0 Å². The van der Waals surface area contributed by atoms with Gasteiger partial charge in [-0.3, -0.25) is 14.4 Å². The molecule has 1 saturated heterocycles. The van der Waals surface area contributed by atoms with E-state index in [-0.39, 0.29) is 15.4 Å². The van der Waals surface area contributed by atoms with Crippen molar-refractivity contribution in [2.45, 2.75) is 0 Å². The maximum Gasteiger partial charge on any atom is 0.285 e. The van der Waals surface area contributed by atoms with E-state index in [2.05, 4.69) is 0 Å². The summed E-state index contributed by atoms with van der Waals surface area (Å²) in [6.07, 6.45) is 1.63. The van der Waals surface area contributed by atoms with Crippen LogP contribution in [0.3, 0.4) is 0 Å². The van der Waals surface area contributed by atoms with Gasteiger partial charge in [-0.15, -0.1) is 0 Å². The molecule has 2 aliphatic rings. The van der Waals surface area contributed by atoms with Gasteiger partial charge in [0.1, 0.15) is 0 Å². The second-order valence-corrected chi connectivity index (χ2v) is 7.63. The molecule has 0 aromatic heterocycles. The van der Waals surface area contributed by atoms with E-state index >= 15 is 0 Å². The molecule has 4 rings (SSSR count). The number of hydrogen-bond acceptors (Lipinski definition) is 5. The normalized spacial score (nSPS) is 18.3. The fraction of sp³-hybridized carbons (Fsp3) is 0. The molecule has 0 radical (unpaired) electrons. The van der Waals surface area contributed by atoms with E-state index in [0.717, 1.165) is 27.3 Å². The number of rotatable bonds is 2. The van der Waals surface area contributed by atoms with E-state index in [1.165, 1.54) is 0 Å². The third-order valence-electron chi connectivity index (χ3n) is 3.89. The zero-order valence-electron chi connectivity index (χ0n) is 13.0. The fourth-order valence-electron chi connectivity index (χ4n) is 2.74. The number of hydrogen-bond donors (Lipinski definition) is 0. The van der Waals surface area contributed by atoms with E-state index in [0.29, 0.717) is 9.93 Å². The van der Waals surface area contributed by atoms with Gasteiger partial charge in [0.05, 0.1) is 16.0 Å². The van der Waals surface area contributed by atoms with Crippen LogP contribution in [0.5, 0.6) is 0 Å². The number of thioether (sulfide) groups is 1. The van der Waals surface area contributed by atoms with Gasteiger partial charge >= 0.3 is 0 Å². The van der Waals surface area contributed by atoms with Crippen molar-refractivity contribution in [3.05, 3.63) is 75.1 Å². The SMILES string of the molecule is O=C1/C(=C\c2cccc(Cl)c2)SC(=S)N1N1C(=O)c2ccccc2C1=O. The largest absolute Gasteiger partial charge is 0.285 e. The lowest BCUT2D eigenvalue weighted by Crippen LogP contribution is -2.48. The minimum Gasteiger partial charge on any atom is -0.267 e. The average molecular weight is 401 g/mol. The average Bonchev–Trinajstić information content (AvgIpc) is 3.02. The monoisotopic (exact) mass is 400 g/mol. The summed E-state index contributed by atoms with van der Waals surface area (Å²) in [5.41, 5.74) is 1.23. The third kappa shape index (κ3) is 2.65. The summed E-state index contributed by atoms with van der Waals surface area (Å²) < 4.78 is 0.123. The van der Waals surface area contributed by atoms with Crippen molar-refractivity contribution in [3.63, 3.8) is 0 Å². The Morgan fingerprint density at radius 1 is 0.885 bits per heavy atom.